The minimum absolute atomic E-state index is 0.0642. The van der Waals surface area contributed by atoms with Crippen molar-refractivity contribution in [1.29, 1.82) is 0 Å². The molecule has 1 saturated heterocycles. The monoisotopic (exact) mass is 195 g/mol. The number of carbonyl (C=O) groups excluding carboxylic acids is 1. The summed E-state index contributed by atoms with van der Waals surface area (Å²) < 4.78 is 4.63. The summed E-state index contributed by atoms with van der Waals surface area (Å²) in [6.07, 6.45) is 3.14. The molecular formula is C9H13N3O2. The van der Waals surface area contributed by atoms with Crippen LogP contribution in [0.4, 0.5) is 0 Å². The molecule has 1 aromatic rings. The Morgan fingerprint density at radius 1 is 1.57 bits per heavy atom. The number of nitrogens with two attached hydrogens (primary N) is 1. The molecule has 2 N–H and O–H groups in total. The first-order valence-electron chi connectivity index (χ1n) is 4.72. The third-order valence-corrected chi connectivity index (χ3v) is 2.48. The molecule has 1 aromatic heterocycles. The molecule has 14 heavy (non-hydrogen) atoms. The highest BCUT2D eigenvalue weighted by Gasteiger charge is 2.22. The average molecular weight is 195 g/mol. The van der Waals surface area contributed by atoms with Crippen molar-refractivity contribution in [1.82, 2.24) is 10.1 Å². The second-order valence-electron chi connectivity index (χ2n) is 3.51. The molecule has 0 saturated carbocycles. The summed E-state index contributed by atoms with van der Waals surface area (Å²) in [4.78, 5) is 13.5. The standard InChI is InChI=1S/C9H13N3O2/c10-7-1-4-12(5-2-7)9(13)8-3-6-14-11-8/h3,6-7H,1-2,4-5,10H2. The molecule has 1 fully saturated rings. The van der Waals surface area contributed by atoms with E-state index >= 15 is 0 Å². The van der Waals surface area contributed by atoms with Gasteiger partial charge in [-0.15, -0.1) is 0 Å². The number of amides is 1. The Balaban J connectivity index is 1.99. The molecule has 0 unspecified atom stereocenters. The minimum Gasteiger partial charge on any atom is -0.364 e. The summed E-state index contributed by atoms with van der Waals surface area (Å²) in [5.41, 5.74) is 6.12. The molecule has 1 aliphatic rings. The Morgan fingerprint density at radius 3 is 2.86 bits per heavy atom. The molecule has 5 heteroatoms. The van der Waals surface area contributed by atoms with E-state index in [9.17, 15) is 4.79 Å². The fraction of sp³-hybridized carbons (Fsp3) is 0.556. The summed E-state index contributed by atoms with van der Waals surface area (Å²) >= 11 is 0. The highest BCUT2D eigenvalue weighted by molar-refractivity contribution is 5.92. The van der Waals surface area contributed by atoms with Crippen LogP contribution in [0.15, 0.2) is 16.9 Å². The van der Waals surface area contributed by atoms with E-state index in [-0.39, 0.29) is 11.9 Å². The number of hydrogen-bond acceptors (Lipinski definition) is 4. The van der Waals surface area contributed by atoms with Crippen LogP contribution in [0.1, 0.15) is 23.3 Å². The maximum atomic E-state index is 11.7. The summed E-state index contributed by atoms with van der Waals surface area (Å²) in [6.45, 7) is 1.43. The minimum atomic E-state index is -0.0642. The number of nitrogens with zero attached hydrogens (tertiary/aromatic N) is 2. The molecule has 1 aliphatic heterocycles. The van der Waals surface area contributed by atoms with Crippen LogP contribution in [0.3, 0.4) is 0 Å². The topological polar surface area (TPSA) is 72.4 Å². The van der Waals surface area contributed by atoms with Crippen molar-refractivity contribution in [3.8, 4) is 0 Å². The molecule has 2 rings (SSSR count). The second kappa shape index (κ2) is 3.79. The highest BCUT2D eigenvalue weighted by Crippen LogP contribution is 2.11. The molecule has 5 nitrogen and oxygen atoms in total. The molecule has 0 atom stereocenters. The van der Waals surface area contributed by atoms with Crippen LogP contribution in [0.25, 0.3) is 0 Å². The highest BCUT2D eigenvalue weighted by atomic mass is 16.5. The van der Waals surface area contributed by atoms with Gasteiger partial charge in [0.15, 0.2) is 5.69 Å². The van der Waals surface area contributed by atoms with Crippen molar-refractivity contribution >= 4 is 5.91 Å². The number of hydrogen-bond donors (Lipinski definition) is 1. The fourth-order valence-electron chi connectivity index (χ4n) is 1.59. The number of aromatic nitrogens is 1. The predicted octanol–water partition coefficient (Wildman–Crippen LogP) is 0.238. The van der Waals surface area contributed by atoms with Gasteiger partial charge in [-0.25, -0.2) is 0 Å². The number of piperidine rings is 1. The molecule has 1 amide bonds. The summed E-state index contributed by atoms with van der Waals surface area (Å²) in [6, 6.07) is 1.81. The lowest BCUT2D eigenvalue weighted by Crippen LogP contribution is -2.42. The van der Waals surface area contributed by atoms with Crippen molar-refractivity contribution in [2.75, 3.05) is 13.1 Å². The second-order valence-corrected chi connectivity index (χ2v) is 3.51. The fourth-order valence-corrected chi connectivity index (χ4v) is 1.59. The SMILES string of the molecule is NC1CCN(C(=O)c2ccon2)CC1. The summed E-state index contributed by atoms with van der Waals surface area (Å²) in [7, 11) is 0. The van der Waals surface area contributed by atoms with Gasteiger partial charge in [0.05, 0.1) is 0 Å². The van der Waals surface area contributed by atoms with Crippen molar-refractivity contribution in [3.63, 3.8) is 0 Å². The van der Waals surface area contributed by atoms with Crippen molar-refractivity contribution in [2.24, 2.45) is 5.73 Å². The van der Waals surface area contributed by atoms with Crippen molar-refractivity contribution < 1.29 is 9.32 Å². The lowest BCUT2D eigenvalue weighted by atomic mass is 10.1. The third kappa shape index (κ3) is 1.77. The van der Waals surface area contributed by atoms with Gasteiger partial charge in [0, 0.05) is 25.2 Å². The molecule has 0 aliphatic carbocycles. The normalized spacial score (nSPS) is 18.5. The van der Waals surface area contributed by atoms with Gasteiger partial charge in [0.25, 0.3) is 5.91 Å². The van der Waals surface area contributed by atoms with Gasteiger partial charge < -0.3 is 15.2 Å². The summed E-state index contributed by atoms with van der Waals surface area (Å²) in [5.74, 6) is -0.0642. The Bertz CT molecular complexity index is 302. The van der Waals surface area contributed by atoms with Crippen LogP contribution < -0.4 is 5.73 Å². The Kier molecular flexibility index (Phi) is 2.49. The first-order valence-corrected chi connectivity index (χ1v) is 4.72. The zero-order valence-electron chi connectivity index (χ0n) is 7.85. The smallest absolute Gasteiger partial charge is 0.276 e. The van der Waals surface area contributed by atoms with Crippen LogP contribution >= 0.6 is 0 Å². The van der Waals surface area contributed by atoms with Crippen LogP contribution in [0, 0.1) is 0 Å². The van der Waals surface area contributed by atoms with Crippen LogP contribution in [-0.2, 0) is 0 Å². The predicted molar refractivity (Wildman–Crippen MR) is 49.6 cm³/mol. The van der Waals surface area contributed by atoms with Crippen molar-refractivity contribution in [2.45, 2.75) is 18.9 Å². The molecule has 0 aromatic carbocycles. The molecule has 0 radical (unpaired) electrons. The van der Waals surface area contributed by atoms with E-state index in [0.29, 0.717) is 18.8 Å². The lowest BCUT2D eigenvalue weighted by molar-refractivity contribution is 0.0704. The maximum Gasteiger partial charge on any atom is 0.276 e. The van der Waals surface area contributed by atoms with E-state index in [2.05, 4.69) is 9.68 Å². The van der Waals surface area contributed by atoms with E-state index in [4.69, 9.17) is 5.73 Å². The van der Waals surface area contributed by atoms with E-state index in [1.165, 1.54) is 6.26 Å². The van der Waals surface area contributed by atoms with Gasteiger partial charge in [-0.1, -0.05) is 5.16 Å². The van der Waals surface area contributed by atoms with E-state index < -0.39 is 0 Å². The van der Waals surface area contributed by atoms with E-state index in [1.807, 2.05) is 0 Å². The van der Waals surface area contributed by atoms with Gasteiger partial charge >= 0.3 is 0 Å². The zero-order valence-corrected chi connectivity index (χ0v) is 7.85. The number of likely N-dealkylation sites (tertiary alicyclic amines) is 1. The first-order chi connectivity index (χ1) is 6.77. The zero-order chi connectivity index (χ0) is 9.97. The van der Waals surface area contributed by atoms with Crippen LogP contribution in [-0.4, -0.2) is 35.1 Å². The Labute approximate surface area is 81.8 Å². The molecular weight excluding hydrogens is 182 g/mol. The van der Waals surface area contributed by atoms with Crippen LogP contribution in [0.5, 0.6) is 0 Å². The van der Waals surface area contributed by atoms with E-state index in [0.717, 1.165) is 12.8 Å². The quantitative estimate of drug-likeness (QED) is 0.696. The lowest BCUT2D eigenvalue weighted by Gasteiger charge is -2.29. The van der Waals surface area contributed by atoms with Gasteiger partial charge in [-0.05, 0) is 12.8 Å². The molecule has 2 heterocycles. The van der Waals surface area contributed by atoms with Crippen LogP contribution in [0.2, 0.25) is 0 Å². The molecule has 0 spiro atoms. The number of rotatable bonds is 1. The Hall–Kier alpha value is -1.36. The third-order valence-electron chi connectivity index (χ3n) is 2.48. The average Bonchev–Trinajstić information content (AvgIpc) is 2.71. The first kappa shape index (κ1) is 9.21. The van der Waals surface area contributed by atoms with Crippen molar-refractivity contribution in [3.05, 3.63) is 18.0 Å². The van der Waals surface area contributed by atoms with E-state index in [1.54, 1.807) is 11.0 Å². The molecule has 0 bridgehead atoms. The molecule has 76 valence electrons. The maximum absolute atomic E-state index is 11.7. The number of carbonyl (C=O) groups is 1. The van der Waals surface area contributed by atoms with Gasteiger partial charge in [-0.3, -0.25) is 4.79 Å². The van der Waals surface area contributed by atoms with Gasteiger partial charge in [-0.2, -0.15) is 0 Å². The largest absolute Gasteiger partial charge is 0.364 e. The summed E-state index contributed by atoms with van der Waals surface area (Å²) in [5, 5.41) is 3.61. The van der Waals surface area contributed by atoms with Gasteiger partial charge in [0.2, 0.25) is 0 Å². The Morgan fingerprint density at radius 2 is 2.29 bits per heavy atom. The van der Waals surface area contributed by atoms with Gasteiger partial charge in [0.1, 0.15) is 6.26 Å².